The van der Waals surface area contributed by atoms with Crippen LogP contribution < -0.4 is 5.32 Å². The van der Waals surface area contributed by atoms with Crippen molar-refractivity contribution in [2.75, 3.05) is 13.1 Å². The summed E-state index contributed by atoms with van der Waals surface area (Å²) in [5, 5.41) is 3.38. The van der Waals surface area contributed by atoms with E-state index in [-0.39, 0.29) is 5.41 Å². The van der Waals surface area contributed by atoms with Gasteiger partial charge in [-0.15, -0.1) is 0 Å². The van der Waals surface area contributed by atoms with Crippen LogP contribution in [-0.2, 0) is 4.79 Å². The maximum absolute atomic E-state index is 12.6. The SMILES string of the molecule is CC(C)C1(C(=O)C2CCCC2)CCNC1. The Morgan fingerprint density at radius 2 is 2.00 bits per heavy atom. The standard InChI is InChI=1S/C13H23NO/c1-10(2)13(7-8-14-9-13)12(15)11-5-3-4-6-11/h10-11,14H,3-9H2,1-2H3. The Morgan fingerprint density at radius 1 is 1.33 bits per heavy atom. The number of hydrogen-bond donors (Lipinski definition) is 1. The predicted molar refractivity (Wildman–Crippen MR) is 61.7 cm³/mol. The smallest absolute Gasteiger partial charge is 0.143 e. The molecule has 1 saturated carbocycles. The highest BCUT2D eigenvalue weighted by atomic mass is 16.1. The van der Waals surface area contributed by atoms with Crippen LogP contribution in [0.4, 0.5) is 0 Å². The molecule has 2 rings (SSSR count). The topological polar surface area (TPSA) is 29.1 Å². The maximum atomic E-state index is 12.6. The average Bonchev–Trinajstić information content (AvgIpc) is 2.89. The molecule has 0 aromatic carbocycles. The number of nitrogens with one attached hydrogen (secondary N) is 1. The monoisotopic (exact) mass is 209 g/mol. The second-order valence-corrected chi connectivity index (χ2v) is 5.58. The van der Waals surface area contributed by atoms with Crippen LogP contribution in [0.2, 0.25) is 0 Å². The van der Waals surface area contributed by atoms with E-state index in [1.807, 2.05) is 0 Å². The number of Topliss-reactive ketones (excluding diaryl/α,β-unsaturated/α-hetero) is 1. The van der Waals surface area contributed by atoms with Gasteiger partial charge in [0.2, 0.25) is 0 Å². The molecule has 2 aliphatic rings. The third-order valence-electron chi connectivity index (χ3n) is 4.51. The third kappa shape index (κ3) is 1.84. The van der Waals surface area contributed by atoms with Crippen molar-refractivity contribution < 1.29 is 4.79 Å². The first-order chi connectivity index (χ1) is 7.17. The summed E-state index contributed by atoms with van der Waals surface area (Å²) in [7, 11) is 0. The number of rotatable bonds is 3. The molecule has 1 unspecified atom stereocenters. The van der Waals surface area contributed by atoms with Crippen LogP contribution in [0.15, 0.2) is 0 Å². The van der Waals surface area contributed by atoms with Crippen molar-refractivity contribution in [2.24, 2.45) is 17.3 Å². The van der Waals surface area contributed by atoms with Gasteiger partial charge in [0.25, 0.3) is 0 Å². The van der Waals surface area contributed by atoms with E-state index >= 15 is 0 Å². The van der Waals surface area contributed by atoms with E-state index in [4.69, 9.17) is 0 Å². The Balaban J connectivity index is 2.13. The summed E-state index contributed by atoms with van der Waals surface area (Å²) in [6, 6.07) is 0. The fourth-order valence-electron chi connectivity index (χ4n) is 3.29. The van der Waals surface area contributed by atoms with E-state index < -0.39 is 0 Å². The summed E-state index contributed by atoms with van der Waals surface area (Å²) in [6.45, 7) is 6.36. The highest BCUT2D eigenvalue weighted by molar-refractivity contribution is 5.88. The van der Waals surface area contributed by atoms with Crippen molar-refractivity contribution in [3.8, 4) is 0 Å². The summed E-state index contributed by atoms with van der Waals surface area (Å²) in [6.07, 6.45) is 5.87. The predicted octanol–water partition coefficient (Wildman–Crippen LogP) is 2.38. The largest absolute Gasteiger partial charge is 0.316 e. The van der Waals surface area contributed by atoms with Crippen LogP contribution in [0.1, 0.15) is 46.0 Å². The Kier molecular flexibility index (Phi) is 3.15. The molecule has 0 amide bonds. The lowest BCUT2D eigenvalue weighted by Crippen LogP contribution is -2.41. The first-order valence-electron chi connectivity index (χ1n) is 6.42. The molecule has 0 bridgehead atoms. The van der Waals surface area contributed by atoms with Crippen molar-refractivity contribution in [3.05, 3.63) is 0 Å². The zero-order chi connectivity index (χ0) is 10.9. The van der Waals surface area contributed by atoms with Crippen LogP contribution in [-0.4, -0.2) is 18.9 Å². The van der Waals surface area contributed by atoms with Crippen LogP contribution in [0.5, 0.6) is 0 Å². The number of carbonyl (C=O) groups is 1. The molecule has 0 spiro atoms. The van der Waals surface area contributed by atoms with E-state index in [1.165, 1.54) is 12.8 Å². The second-order valence-electron chi connectivity index (χ2n) is 5.58. The molecule has 0 aromatic rings. The molecular formula is C13H23NO. The van der Waals surface area contributed by atoms with Crippen molar-refractivity contribution in [3.63, 3.8) is 0 Å². The van der Waals surface area contributed by atoms with Crippen LogP contribution in [0.25, 0.3) is 0 Å². The van der Waals surface area contributed by atoms with Crippen molar-refractivity contribution in [2.45, 2.75) is 46.0 Å². The molecule has 1 aliphatic carbocycles. The van der Waals surface area contributed by atoms with Gasteiger partial charge in [-0.2, -0.15) is 0 Å². The lowest BCUT2D eigenvalue weighted by Gasteiger charge is -2.33. The summed E-state index contributed by atoms with van der Waals surface area (Å²) in [5.41, 5.74) is -0.0327. The Labute approximate surface area is 92.8 Å². The minimum atomic E-state index is -0.0327. The van der Waals surface area contributed by atoms with E-state index in [2.05, 4.69) is 19.2 Å². The lowest BCUT2D eigenvalue weighted by atomic mass is 9.69. The summed E-state index contributed by atoms with van der Waals surface area (Å²) in [4.78, 5) is 12.6. The van der Waals surface area contributed by atoms with Crippen LogP contribution in [0, 0.1) is 17.3 Å². The molecule has 0 aromatic heterocycles. The Morgan fingerprint density at radius 3 is 2.47 bits per heavy atom. The Hall–Kier alpha value is -0.370. The molecule has 1 aliphatic heterocycles. The van der Waals surface area contributed by atoms with Gasteiger partial charge < -0.3 is 5.32 Å². The summed E-state index contributed by atoms with van der Waals surface area (Å²) in [5.74, 6) is 1.44. The minimum Gasteiger partial charge on any atom is -0.316 e. The van der Waals surface area contributed by atoms with Gasteiger partial charge in [-0.1, -0.05) is 26.7 Å². The Bertz CT molecular complexity index is 235. The summed E-state index contributed by atoms with van der Waals surface area (Å²) >= 11 is 0. The number of carbonyl (C=O) groups excluding carboxylic acids is 1. The highest BCUT2D eigenvalue weighted by Crippen LogP contribution is 2.41. The van der Waals surface area contributed by atoms with Gasteiger partial charge in [0.15, 0.2) is 0 Å². The first kappa shape index (κ1) is 11.1. The molecule has 2 nitrogen and oxygen atoms in total. The molecule has 15 heavy (non-hydrogen) atoms. The van der Waals surface area contributed by atoms with E-state index in [0.29, 0.717) is 17.6 Å². The van der Waals surface area contributed by atoms with E-state index in [0.717, 1.165) is 32.4 Å². The van der Waals surface area contributed by atoms with Gasteiger partial charge >= 0.3 is 0 Å². The number of ketones is 1. The molecule has 1 saturated heterocycles. The van der Waals surface area contributed by atoms with Crippen LogP contribution in [0.3, 0.4) is 0 Å². The summed E-state index contributed by atoms with van der Waals surface area (Å²) < 4.78 is 0. The van der Waals surface area contributed by atoms with Gasteiger partial charge in [0, 0.05) is 17.9 Å². The second kappa shape index (κ2) is 4.25. The van der Waals surface area contributed by atoms with E-state index in [1.54, 1.807) is 0 Å². The highest BCUT2D eigenvalue weighted by Gasteiger charge is 2.46. The van der Waals surface area contributed by atoms with Gasteiger partial charge in [-0.05, 0) is 31.7 Å². The van der Waals surface area contributed by atoms with Gasteiger partial charge in [-0.3, -0.25) is 4.79 Å². The van der Waals surface area contributed by atoms with Gasteiger partial charge in [0.1, 0.15) is 5.78 Å². The maximum Gasteiger partial charge on any atom is 0.143 e. The molecule has 2 fully saturated rings. The van der Waals surface area contributed by atoms with Crippen molar-refractivity contribution >= 4 is 5.78 Å². The quantitative estimate of drug-likeness (QED) is 0.773. The van der Waals surface area contributed by atoms with Gasteiger partial charge in [0.05, 0.1) is 0 Å². The molecule has 1 N–H and O–H groups in total. The number of hydrogen-bond acceptors (Lipinski definition) is 2. The zero-order valence-electron chi connectivity index (χ0n) is 10.0. The minimum absolute atomic E-state index is 0.0327. The zero-order valence-corrected chi connectivity index (χ0v) is 10.0. The molecule has 86 valence electrons. The molecule has 1 heterocycles. The van der Waals surface area contributed by atoms with Gasteiger partial charge in [-0.25, -0.2) is 0 Å². The van der Waals surface area contributed by atoms with E-state index in [9.17, 15) is 4.79 Å². The lowest BCUT2D eigenvalue weighted by molar-refractivity contribution is -0.134. The first-order valence-corrected chi connectivity index (χ1v) is 6.42. The molecular weight excluding hydrogens is 186 g/mol. The molecule has 0 radical (unpaired) electrons. The molecule has 2 heteroatoms. The fourth-order valence-corrected chi connectivity index (χ4v) is 3.29. The van der Waals surface area contributed by atoms with Crippen LogP contribution >= 0.6 is 0 Å². The van der Waals surface area contributed by atoms with Crippen molar-refractivity contribution in [1.82, 2.24) is 5.32 Å². The van der Waals surface area contributed by atoms with Crippen molar-refractivity contribution in [1.29, 1.82) is 0 Å². The third-order valence-corrected chi connectivity index (χ3v) is 4.51. The average molecular weight is 209 g/mol. The normalized spacial score (nSPS) is 32.7. The molecule has 1 atom stereocenters. The fraction of sp³-hybridized carbons (Fsp3) is 0.923.